The molecule has 13 nitrogen and oxygen atoms in total. The molecule has 0 atom stereocenters. The van der Waals surface area contributed by atoms with E-state index < -0.39 is 24.3 Å². The van der Waals surface area contributed by atoms with E-state index in [1.165, 1.54) is 12.1 Å². The highest BCUT2D eigenvalue weighted by atomic mass is 16.5. The van der Waals surface area contributed by atoms with Crippen molar-refractivity contribution in [2.45, 2.75) is 46.5 Å². The minimum atomic E-state index is -1.20. The van der Waals surface area contributed by atoms with E-state index in [2.05, 4.69) is 21.3 Å². The lowest BCUT2D eigenvalue weighted by Gasteiger charge is -2.13. The second-order valence-electron chi connectivity index (χ2n) is 9.40. The lowest BCUT2D eigenvalue weighted by molar-refractivity contribution is -0.135. The first-order valence-electron chi connectivity index (χ1n) is 13.7. The van der Waals surface area contributed by atoms with Crippen molar-refractivity contribution in [3.05, 3.63) is 29.3 Å². The van der Waals surface area contributed by atoms with Crippen LogP contribution in [0.3, 0.4) is 0 Å². The number of nitrogens with one attached hydrogen (secondary N) is 4. The molecule has 0 radical (unpaired) electrons. The molecule has 5 N–H and O–H groups in total. The number of anilines is 1. The van der Waals surface area contributed by atoms with Crippen molar-refractivity contribution in [2.75, 3.05) is 57.9 Å². The van der Waals surface area contributed by atoms with E-state index in [1.807, 2.05) is 13.8 Å². The summed E-state index contributed by atoms with van der Waals surface area (Å²) in [6, 6.07) is 4.39. The number of rotatable bonds is 22. The first-order chi connectivity index (χ1) is 19.5. The van der Waals surface area contributed by atoms with E-state index in [4.69, 9.17) is 14.6 Å². The molecule has 0 saturated heterocycles. The molecule has 228 valence electrons. The van der Waals surface area contributed by atoms with Crippen LogP contribution < -0.4 is 21.3 Å². The highest BCUT2D eigenvalue weighted by molar-refractivity contribution is 6.01. The van der Waals surface area contributed by atoms with Crippen LogP contribution in [-0.2, 0) is 28.7 Å². The van der Waals surface area contributed by atoms with Crippen LogP contribution in [0.5, 0.6) is 0 Å². The molecule has 0 spiro atoms. The molecule has 0 unspecified atom stereocenters. The van der Waals surface area contributed by atoms with Gasteiger partial charge in [0.25, 0.3) is 11.8 Å². The first-order valence-corrected chi connectivity index (χ1v) is 13.7. The number of ether oxygens (including phenoxy) is 2. The van der Waals surface area contributed by atoms with E-state index in [9.17, 15) is 28.8 Å². The van der Waals surface area contributed by atoms with Gasteiger partial charge < -0.3 is 35.8 Å². The maximum absolute atomic E-state index is 12.7. The summed E-state index contributed by atoms with van der Waals surface area (Å²) in [6.07, 6.45) is 1.07. The van der Waals surface area contributed by atoms with Gasteiger partial charge in [0.1, 0.15) is 18.1 Å². The lowest BCUT2D eigenvalue weighted by Crippen LogP contribution is -2.31. The monoisotopic (exact) mass is 578 g/mol. The van der Waals surface area contributed by atoms with Crippen molar-refractivity contribution < 1.29 is 43.3 Å². The van der Waals surface area contributed by atoms with E-state index in [0.717, 1.165) is 0 Å². The third kappa shape index (κ3) is 16.1. The van der Waals surface area contributed by atoms with Crippen LogP contribution in [-0.4, -0.2) is 93.0 Å². The highest BCUT2D eigenvalue weighted by Gasteiger charge is 2.14. The summed E-state index contributed by atoms with van der Waals surface area (Å²) < 4.78 is 10.9. The van der Waals surface area contributed by atoms with Crippen molar-refractivity contribution in [3.63, 3.8) is 0 Å². The molecule has 1 aromatic carbocycles. The number of benzene rings is 1. The fourth-order valence-electron chi connectivity index (χ4n) is 3.30. The van der Waals surface area contributed by atoms with Crippen LogP contribution >= 0.6 is 0 Å². The molecule has 0 aliphatic rings. The Hall–Kier alpha value is -3.84. The van der Waals surface area contributed by atoms with Crippen molar-refractivity contribution in [2.24, 2.45) is 5.92 Å². The minimum absolute atomic E-state index is 0.0294. The van der Waals surface area contributed by atoms with E-state index >= 15 is 0 Å². The topological polar surface area (TPSA) is 189 Å². The van der Waals surface area contributed by atoms with Gasteiger partial charge in [0.05, 0.1) is 26.4 Å². The van der Waals surface area contributed by atoms with Gasteiger partial charge >= 0.3 is 5.97 Å². The second kappa shape index (κ2) is 20.1. The Morgan fingerprint density at radius 2 is 1.34 bits per heavy atom. The molecule has 0 saturated carbocycles. The molecule has 0 aliphatic heterocycles. The maximum atomic E-state index is 12.7. The average Bonchev–Trinajstić information content (AvgIpc) is 2.95. The standard InChI is InChI=1S/C28H42N4O9/c1-4-23(33)5-6-25(35)30-9-13-41-14-10-31-27(38)20-15-21(28(39)32-18-26(36)37)17-22(16-20)29-8-12-40-11-7-24(34)19(2)3/h15-17,19,29H,4-14,18H2,1-3H3,(H,30,35)(H,31,38)(H,32,39)(H,36,37). The molecule has 0 aliphatic carbocycles. The summed E-state index contributed by atoms with van der Waals surface area (Å²) >= 11 is 0. The van der Waals surface area contributed by atoms with Crippen LogP contribution in [0.25, 0.3) is 0 Å². The smallest absolute Gasteiger partial charge is 0.322 e. The number of carboxylic acids is 1. The first kappa shape index (κ1) is 35.2. The van der Waals surface area contributed by atoms with Crippen molar-refractivity contribution >= 4 is 40.9 Å². The fraction of sp³-hybridized carbons (Fsp3) is 0.571. The molecule has 0 heterocycles. The molecule has 1 aromatic rings. The van der Waals surface area contributed by atoms with Gasteiger partial charge in [-0.1, -0.05) is 20.8 Å². The van der Waals surface area contributed by atoms with Gasteiger partial charge in [0, 0.05) is 68.0 Å². The Morgan fingerprint density at radius 1 is 0.756 bits per heavy atom. The summed E-state index contributed by atoms with van der Waals surface area (Å²) in [6.45, 7) is 6.59. The van der Waals surface area contributed by atoms with Gasteiger partial charge in [-0.2, -0.15) is 0 Å². The Labute approximate surface area is 240 Å². The van der Waals surface area contributed by atoms with Crippen molar-refractivity contribution in [3.8, 4) is 0 Å². The molecular weight excluding hydrogens is 536 g/mol. The van der Waals surface area contributed by atoms with E-state index in [-0.39, 0.29) is 80.3 Å². The molecule has 0 bridgehead atoms. The maximum Gasteiger partial charge on any atom is 0.322 e. The van der Waals surface area contributed by atoms with Gasteiger partial charge in [0.15, 0.2) is 0 Å². The van der Waals surface area contributed by atoms with Crippen LogP contribution in [0, 0.1) is 5.92 Å². The Morgan fingerprint density at radius 3 is 1.95 bits per heavy atom. The van der Waals surface area contributed by atoms with Gasteiger partial charge in [-0.25, -0.2) is 0 Å². The van der Waals surface area contributed by atoms with Crippen LogP contribution in [0.4, 0.5) is 5.69 Å². The number of carbonyl (C=O) groups excluding carboxylic acids is 5. The zero-order chi connectivity index (χ0) is 30.6. The van der Waals surface area contributed by atoms with E-state index in [1.54, 1.807) is 13.0 Å². The number of Topliss-reactive ketones (excluding diaryl/α,β-unsaturated/α-hetero) is 2. The predicted octanol–water partition coefficient (Wildman–Crippen LogP) is 1.17. The summed E-state index contributed by atoms with van der Waals surface area (Å²) in [4.78, 5) is 70.6. The van der Waals surface area contributed by atoms with Gasteiger partial charge in [0.2, 0.25) is 5.91 Å². The number of ketones is 2. The number of carboxylic acid groups (broad SMARTS) is 1. The molecule has 1 rings (SSSR count). The number of carbonyl (C=O) groups is 6. The Kier molecular flexibility index (Phi) is 17.2. The number of hydrogen-bond acceptors (Lipinski definition) is 9. The minimum Gasteiger partial charge on any atom is -0.480 e. The summed E-state index contributed by atoms with van der Waals surface area (Å²) in [5, 5.41) is 19.5. The average molecular weight is 579 g/mol. The van der Waals surface area contributed by atoms with Crippen molar-refractivity contribution in [1.82, 2.24) is 16.0 Å². The fourth-order valence-corrected chi connectivity index (χ4v) is 3.30. The molecule has 3 amide bonds. The molecule has 41 heavy (non-hydrogen) atoms. The zero-order valence-electron chi connectivity index (χ0n) is 24.0. The molecule has 0 fully saturated rings. The Bertz CT molecular complexity index is 1040. The molecule has 0 aromatic heterocycles. The summed E-state index contributed by atoms with van der Waals surface area (Å²) in [5.74, 6) is -2.47. The Balaban J connectivity index is 2.57. The number of aliphatic carboxylic acids is 1. The number of hydrogen-bond donors (Lipinski definition) is 5. The highest BCUT2D eigenvalue weighted by Crippen LogP contribution is 2.15. The summed E-state index contributed by atoms with van der Waals surface area (Å²) in [5.41, 5.74) is 0.720. The van der Waals surface area contributed by atoms with Crippen LogP contribution in [0.1, 0.15) is 67.2 Å². The second-order valence-corrected chi connectivity index (χ2v) is 9.40. The SMILES string of the molecule is CCC(=O)CCC(=O)NCCOCCNC(=O)c1cc(NCCOCCC(=O)C(C)C)cc(C(=O)NCC(=O)O)c1. The molecular formula is C28H42N4O9. The van der Waals surface area contributed by atoms with Gasteiger partial charge in [-0.05, 0) is 18.2 Å². The lowest BCUT2D eigenvalue weighted by atomic mass is 10.1. The van der Waals surface area contributed by atoms with E-state index in [0.29, 0.717) is 31.7 Å². The normalized spacial score (nSPS) is 10.6. The third-order valence-corrected chi connectivity index (χ3v) is 5.70. The largest absolute Gasteiger partial charge is 0.480 e. The zero-order valence-corrected chi connectivity index (χ0v) is 24.0. The molecule has 13 heteroatoms. The van der Waals surface area contributed by atoms with Crippen LogP contribution in [0.15, 0.2) is 18.2 Å². The van der Waals surface area contributed by atoms with Gasteiger partial charge in [-0.3, -0.25) is 28.8 Å². The number of amides is 3. The van der Waals surface area contributed by atoms with Crippen LogP contribution in [0.2, 0.25) is 0 Å². The summed E-state index contributed by atoms with van der Waals surface area (Å²) in [7, 11) is 0. The third-order valence-electron chi connectivity index (χ3n) is 5.70. The predicted molar refractivity (Wildman–Crippen MR) is 151 cm³/mol. The van der Waals surface area contributed by atoms with Gasteiger partial charge in [-0.15, -0.1) is 0 Å². The van der Waals surface area contributed by atoms with Crippen molar-refractivity contribution in [1.29, 1.82) is 0 Å². The quantitative estimate of drug-likeness (QED) is 0.125.